The van der Waals surface area contributed by atoms with Crippen LogP contribution in [-0.4, -0.2) is 54.6 Å². The zero-order valence-electron chi connectivity index (χ0n) is 24.3. The highest BCUT2D eigenvalue weighted by atomic mass is 16.5. The van der Waals surface area contributed by atoms with Crippen molar-refractivity contribution in [3.63, 3.8) is 0 Å². The minimum absolute atomic E-state index is 0.0434. The van der Waals surface area contributed by atoms with Gasteiger partial charge in [-0.1, -0.05) is 51.8 Å². The number of unbranched alkanes of at least 4 members (excludes halogenated alkanes) is 2. The molecule has 1 aliphatic heterocycles. The van der Waals surface area contributed by atoms with Gasteiger partial charge in [-0.2, -0.15) is 0 Å². The Hall–Kier alpha value is -3.26. The molecule has 0 fully saturated rings. The second kappa shape index (κ2) is 16.0. The first-order valence-electron chi connectivity index (χ1n) is 14.5. The van der Waals surface area contributed by atoms with Gasteiger partial charge in [-0.15, -0.1) is 0 Å². The number of hydrogen-bond acceptors (Lipinski definition) is 6. The number of nitrogens with zero attached hydrogens (tertiary/aromatic N) is 3. The third kappa shape index (κ3) is 8.88. The summed E-state index contributed by atoms with van der Waals surface area (Å²) in [5, 5.41) is 5.76. The SMILES string of the molecule is CCCCCNC1=c2/c(ccn2Cc2ccc(COCC(=O)N(CCC)CCC)cc2OC)=C\CC/C(N)=N\1. The molecule has 3 rings (SSSR count). The van der Waals surface area contributed by atoms with Crippen LogP contribution in [0.15, 0.2) is 35.5 Å². The number of hydrogen-bond donors (Lipinski definition) is 2. The number of ether oxygens (including phenoxy) is 2. The van der Waals surface area contributed by atoms with Crippen molar-refractivity contribution in [1.29, 1.82) is 0 Å². The molecule has 2 heterocycles. The summed E-state index contributed by atoms with van der Waals surface area (Å²) in [4.78, 5) is 19.2. The highest BCUT2D eigenvalue weighted by Gasteiger charge is 2.13. The molecular formula is C31H47N5O3. The molecule has 3 N–H and O–H groups in total. The van der Waals surface area contributed by atoms with Gasteiger partial charge in [0, 0.05) is 37.8 Å². The lowest BCUT2D eigenvalue weighted by Gasteiger charge is -2.21. The van der Waals surface area contributed by atoms with Crippen LogP contribution in [-0.2, 0) is 22.7 Å². The van der Waals surface area contributed by atoms with Crippen molar-refractivity contribution < 1.29 is 14.3 Å². The predicted molar refractivity (Wildman–Crippen MR) is 159 cm³/mol. The van der Waals surface area contributed by atoms with Gasteiger partial charge in [0.2, 0.25) is 5.91 Å². The first-order chi connectivity index (χ1) is 19.0. The van der Waals surface area contributed by atoms with Crippen LogP contribution in [0.4, 0.5) is 0 Å². The van der Waals surface area contributed by atoms with Gasteiger partial charge in [-0.25, -0.2) is 4.99 Å². The van der Waals surface area contributed by atoms with Crippen molar-refractivity contribution in [3.8, 4) is 5.75 Å². The van der Waals surface area contributed by atoms with Gasteiger partial charge < -0.3 is 30.0 Å². The summed E-state index contributed by atoms with van der Waals surface area (Å²) in [5.41, 5.74) is 8.25. The normalized spacial score (nSPS) is 16.7. The molecule has 0 atom stereocenters. The van der Waals surface area contributed by atoms with Crippen LogP contribution in [0.2, 0.25) is 0 Å². The molecule has 8 heteroatoms. The second-order valence-electron chi connectivity index (χ2n) is 10.1. The lowest BCUT2D eigenvalue weighted by Crippen LogP contribution is -2.37. The highest BCUT2D eigenvalue weighted by Crippen LogP contribution is 2.22. The Morgan fingerprint density at radius 1 is 1.13 bits per heavy atom. The molecular weight excluding hydrogens is 490 g/mol. The number of fused-ring (bicyclic) bond motifs is 1. The summed E-state index contributed by atoms with van der Waals surface area (Å²) in [5.74, 6) is 2.31. The van der Waals surface area contributed by atoms with Gasteiger partial charge in [-0.05, 0) is 48.6 Å². The number of rotatable bonds is 16. The lowest BCUT2D eigenvalue weighted by molar-refractivity contribution is -0.136. The van der Waals surface area contributed by atoms with Gasteiger partial charge in [0.05, 0.1) is 25.6 Å². The van der Waals surface area contributed by atoms with E-state index in [0.29, 0.717) is 19.0 Å². The average Bonchev–Trinajstić information content (AvgIpc) is 3.31. The van der Waals surface area contributed by atoms with Crippen molar-refractivity contribution in [2.24, 2.45) is 10.7 Å². The second-order valence-corrected chi connectivity index (χ2v) is 10.1. The fourth-order valence-corrected chi connectivity index (χ4v) is 4.83. The molecule has 1 aliphatic rings. The van der Waals surface area contributed by atoms with E-state index >= 15 is 0 Å². The van der Waals surface area contributed by atoms with E-state index in [1.807, 2.05) is 17.0 Å². The summed E-state index contributed by atoms with van der Waals surface area (Å²) in [7, 11) is 1.69. The summed E-state index contributed by atoms with van der Waals surface area (Å²) in [6.45, 7) is 9.84. The van der Waals surface area contributed by atoms with E-state index in [-0.39, 0.29) is 12.5 Å². The zero-order chi connectivity index (χ0) is 28.0. The van der Waals surface area contributed by atoms with E-state index in [1.165, 1.54) is 12.8 Å². The van der Waals surface area contributed by atoms with Gasteiger partial charge in [0.15, 0.2) is 5.82 Å². The molecule has 1 amide bonds. The number of methoxy groups -OCH3 is 1. The number of amides is 1. The monoisotopic (exact) mass is 537 g/mol. The Labute approximate surface area is 233 Å². The fourth-order valence-electron chi connectivity index (χ4n) is 4.83. The number of amidine groups is 1. The number of aromatic nitrogens is 1. The molecule has 0 saturated heterocycles. The van der Waals surface area contributed by atoms with Gasteiger partial charge in [0.1, 0.15) is 18.2 Å². The van der Waals surface area contributed by atoms with Crippen molar-refractivity contribution in [1.82, 2.24) is 14.8 Å². The Morgan fingerprint density at radius 2 is 1.92 bits per heavy atom. The minimum Gasteiger partial charge on any atom is -0.496 e. The predicted octanol–water partition coefficient (Wildman–Crippen LogP) is 3.49. The Balaban J connectivity index is 1.78. The zero-order valence-corrected chi connectivity index (χ0v) is 24.3. The van der Waals surface area contributed by atoms with Crippen molar-refractivity contribution in [2.45, 2.75) is 78.9 Å². The molecule has 0 radical (unpaired) electrons. The van der Waals surface area contributed by atoms with Crippen LogP contribution >= 0.6 is 0 Å². The maximum Gasteiger partial charge on any atom is 0.248 e. The molecule has 1 aromatic heterocycles. The molecule has 1 aromatic carbocycles. The molecule has 214 valence electrons. The number of benzene rings is 1. The maximum absolute atomic E-state index is 12.5. The smallest absolute Gasteiger partial charge is 0.248 e. The van der Waals surface area contributed by atoms with Crippen LogP contribution in [0.25, 0.3) is 11.9 Å². The largest absolute Gasteiger partial charge is 0.496 e. The summed E-state index contributed by atoms with van der Waals surface area (Å²) in [6, 6.07) is 8.26. The van der Waals surface area contributed by atoms with Crippen LogP contribution < -0.4 is 26.4 Å². The third-order valence-corrected chi connectivity index (χ3v) is 6.84. The fraction of sp³-hybridized carbons (Fsp3) is 0.548. The van der Waals surface area contributed by atoms with Gasteiger partial charge in [0.25, 0.3) is 0 Å². The van der Waals surface area contributed by atoms with Crippen LogP contribution in [0, 0.1) is 0 Å². The Morgan fingerprint density at radius 3 is 2.64 bits per heavy atom. The Kier molecular flexibility index (Phi) is 12.4. The molecule has 0 spiro atoms. The summed E-state index contributed by atoms with van der Waals surface area (Å²) >= 11 is 0. The number of nitrogens with one attached hydrogen (secondary N) is 1. The van der Waals surface area contributed by atoms with E-state index in [4.69, 9.17) is 20.2 Å². The molecule has 8 nitrogen and oxygen atoms in total. The van der Waals surface area contributed by atoms with E-state index in [0.717, 1.165) is 85.0 Å². The quantitative estimate of drug-likeness (QED) is 0.320. The Bertz CT molecular complexity index is 1210. The molecule has 39 heavy (non-hydrogen) atoms. The van der Waals surface area contributed by atoms with Gasteiger partial charge in [-0.3, -0.25) is 4.79 Å². The van der Waals surface area contributed by atoms with Crippen molar-refractivity contribution >= 4 is 23.6 Å². The van der Waals surface area contributed by atoms with E-state index in [1.54, 1.807) is 7.11 Å². The van der Waals surface area contributed by atoms with E-state index < -0.39 is 0 Å². The van der Waals surface area contributed by atoms with Crippen molar-refractivity contribution in [2.75, 3.05) is 33.4 Å². The number of aliphatic imine (C=N–C) groups is 1. The molecule has 0 saturated carbocycles. The number of nitrogens with two attached hydrogens (primary N) is 1. The summed E-state index contributed by atoms with van der Waals surface area (Å²) in [6.07, 6.45) is 11.3. The third-order valence-electron chi connectivity index (χ3n) is 6.84. The molecule has 0 unspecified atom stereocenters. The summed E-state index contributed by atoms with van der Waals surface area (Å²) < 4.78 is 13.8. The highest BCUT2D eigenvalue weighted by molar-refractivity contribution is 5.84. The van der Waals surface area contributed by atoms with Crippen LogP contribution in [0.1, 0.15) is 76.8 Å². The van der Waals surface area contributed by atoms with Crippen LogP contribution in [0.5, 0.6) is 5.75 Å². The van der Waals surface area contributed by atoms with Crippen LogP contribution in [0.3, 0.4) is 0 Å². The standard InChI is InChI=1S/C31H47N5O3/c1-5-8-9-16-33-31-30-25(11-10-12-28(32)34-31)15-19-36(30)21-26-14-13-24(20-27(26)38-4)22-39-23-29(37)35(17-6-2)18-7-3/h11,13-15,19-20,33H,5-10,12,16-18,21-23H2,1-4H3,(H2,32,34)/b25-11-,31-30+. The lowest BCUT2D eigenvalue weighted by atomic mass is 10.1. The number of carbonyl (C=O) groups excluding carboxylic acids is 1. The average molecular weight is 538 g/mol. The molecule has 2 aromatic rings. The van der Waals surface area contributed by atoms with Gasteiger partial charge >= 0.3 is 0 Å². The van der Waals surface area contributed by atoms with E-state index in [2.05, 4.69) is 55.1 Å². The molecule has 0 bridgehead atoms. The van der Waals surface area contributed by atoms with E-state index in [9.17, 15) is 4.79 Å². The number of carbonyl (C=O) groups is 1. The maximum atomic E-state index is 12.5. The van der Waals surface area contributed by atoms with Crippen molar-refractivity contribution in [3.05, 3.63) is 52.2 Å². The first-order valence-corrected chi connectivity index (χ1v) is 14.5. The molecule has 0 aliphatic carbocycles. The topological polar surface area (TPSA) is 94.1 Å². The first kappa shape index (κ1) is 30.3. The minimum atomic E-state index is 0.0434.